The van der Waals surface area contributed by atoms with Crippen LogP contribution in [0.25, 0.3) is 11.0 Å². The zero-order chi connectivity index (χ0) is 19.8. The third kappa shape index (κ3) is 3.32. The van der Waals surface area contributed by atoms with Crippen molar-refractivity contribution in [1.29, 1.82) is 0 Å². The van der Waals surface area contributed by atoms with Crippen LogP contribution in [0, 0.1) is 5.82 Å². The summed E-state index contributed by atoms with van der Waals surface area (Å²) < 4.78 is 25.7. The van der Waals surface area contributed by atoms with Crippen molar-refractivity contribution in [2.24, 2.45) is 0 Å². The monoisotopic (exact) mass is 421 g/mol. The van der Waals surface area contributed by atoms with Crippen LogP contribution in [-0.4, -0.2) is 18.1 Å². The van der Waals surface area contributed by atoms with E-state index in [0.29, 0.717) is 16.2 Å². The van der Waals surface area contributed by atoms with Crippen LogP contribution >= 0.6 is 23.2 Å². The number of hydrogen-bond donors (Lipinski definition) is 2. The van der Waals surface area contributed by atoms with Crippen LogP contribution in [0.2, 0.25) is 10.0 Å². The average molecular weight is 422 g/mol. The largest absolute Gasteiger partial charge is 0.478 e. The number of benzene rings is 1. The van der Waals surface area contributed by atoms with Crippen molar-refractivity contribution in [3.05, 3.63) is 63.7 Å². The normalized spacial score (nSPS) is 17.8. The van der Waals surface area contributed by atoms with Crippen molar-refractivity contribution >= 4 is 40.0 Å². The lowest BCUT2D eigenvalue weighted by atomic mass is 9.97. The van der Waals surface area contributed by atoms with Gasteiger partial charge >= 0.3 is 0 Å². The molecule has 0 saturated carbocycles. The summed E-state index contributed by atoms with van der Waals surface area (Å²) in [5.41, 5.74) is 7.86. The molecule has 28 heavy (non-hydrogen) atoms. The maximum atomic E-state index is 13.9. The van der Waals surface area contributed by atoms with Crippen LogP contribution in [0.3, 0.4) is 0 Å². The van der Waals surface area contributed by atoms with E-state index in [1.54, 1.807) is 19.4 Å². The molecule has 0 spiro atoms. The number of rotatable bonds is 4. The van der Waals surface area contributed by atoms with Crippen LogP contribution in [0.5, 0.6) is 5.75 Å². The molecule has 146 valence electrons. The number of furan rings is 1. The molecule has 0 bridgehead atoms. The number of nitrogens with two attached hydrogens (primary N) is 1. The number of nitrogens with zero attached hydrogens (tertiary/aromatic N) is 1. The second-order valence-corrected chi connectivity index (χ2v) is 7.40. The summed E-state index contributed by atoms with van der Waals surface area (Å²) in [6, 6.07) is 2.65. The molecule has 0 saturated heterocycles. The lowest BCUT2D eigenvalue weighted by Crippen LogP contribution is -2.24. The highest BCUT2D eigenvalue weighted by Gasteiger charge is 2.24. The van der Waals surface area contributed by atoms with Gasteiger partial charge in [0.2, 0.25) is 5.75 Å². The standard InChI is InChI=1S/C20H18Cl2FN3O2/c1-10(16-14(21)4-5-15(23)17(16)22)28-19-18-12(8-26-20(19)24)13(9-27-18)11-3-2-6-25-7-11/h2-5,8-11,25H,6-7H2,1H3,(H2,24,26)/t10-,11?/m1/s1. The first-order chi connectivity index (χ1) is 13.5. The first-order valence-corrected chi connectivity index (χ1v) is 9.56. The number of anilines is 1. The Labute approximate surface area is 171 Å². The summed E-state index contributed by atoms with van der Waals surface area (Å²) in [4.78, 5) is 4.25. The maximum absolute atomic E-state index is 13.9. The second kappa shape index (κ2) is 7.62. The Morgan fingerprint density at radius 2 is 2.21 bits per heavy atom. The van der Waals surface area contributed by atoms with Crippen molar-refractivity contribution in [3.63, 3.8) is 0 Å². The highest BCUT2D eigenvalue weighted by molar-refractivity contribution is 6.36. The number of pyridine rings is 1. The molecule has 1 aromatic carbocycles. The number of aromatic nitrogens is 1. The first kappa shape index (κ1) is 19.1. The van der Waals surface area contributed by atoms with Crippen LogP contribution < -0.4 is 15.8 Å². The lowest BCUT2D eigenvalue weighted by molar-refractivity contribution is 0.227. The summed E-state index contributed by atoms with van der Waals surface area (Å²) in [5.74, 6) is 0.0390. The van der Waals surface area contributed by atoms with E-state index < -0.39 is 11.9 Å². The summed E-state index contributed by atoms with van der Waals surface area (Å²) in [7, 11) is 0. The van der Waals surface area contributed by atoms with E-state index in [9.17, 15) is 4.39 Å². The molecule has 4 rings (SSSR count). The molecule has 0 amide bonds. The van der Waals surface area contributed by atoms with Crippen molar-refractivity contribution in [2.75, 3.05) is 18.8 Å². The number of fused-ring (bicyclic) bond motifs is 1. The molecule has 2 aromatic heterocycles. The minimum absolute atomic E-state index is 0.0859. The van der Waals surface area contributed by atoms with Crippen molar-refractivity contribution < 1.29 is 13.5 Å². The smallest absolute Gasteiger partial charge is 0.205 e. The van der Waals surface area contributed by atoms with Gasteiger partial charge in [-0.05, 0) is 19.1 Å². The zero-order valence-corrected chi connectivity index (χ0v) is 16.5. The predicted molar refractivity (Wildman–Crippen MR) is 109 cm³/mol. The Morgan fingerprint density at radius 3 is 2.96 bits per heavy atom. The highest BCUT2D eigenvalue weighted by atomic mass is 35.5. The Hall–Kier alpha value is -2.28. The van der Waals surface area contributed by atoms with Gasteiger partial charge in [-0.25, -0.2) is 9.37 Å². The fourth-order valence-corrected chi connectivity index (χ4v) is 4.06. The minimum Gasteiger partial charge on any atom is -0.478 e. The molecule has 1 aliphatic heterocycles. The van der Waals surface area contributed by atoms with E-state index in [0.717, 1.165) is 24.0 Å². The van der Waals surface area contributed by atoms with Crippen LogP contribution in [0.15, 0.2) is 41.2 Å². The van der Waals surface area contributed by atoms with Crippen molar-refractivity contribution in [3.8, 4) is 5.75 Å². The van der Waals surface area contributed by atoms with Gasteiger partial charge in [0.05, 0.1) is 11.3 Å². The number of nitrogen functional groups attached to an aromatic ring is 1. The van der Waals surface area contributed by atoms with E-state index in [4.69, 9.17) is 38.1 Å². The average Bonchev–Trinajstić information content (AvgIpc) is 3.12. The summed E-state index contributed by atoms with van der Waals surface area (Å²) in [6.07, 6.45) is 6.90. The molecule has 3 aromatic rings. The van der Waals surface area contributed by atoms with Crippen molar-refractivity contribution in [2.45, 2.75) is 18.9 Å². The fraction of sp³-hybridized carbons (Fsp3) is 0.250. The van der Waals surface area contributed by atoms with E-state index in [-0.39, 0.29) is 22.5 Å². The molecular formula is C20H18Cl2FN3O2. The predicted octanol–water partition coefficient (Wildman–Crippen LogP) is 5.24. The topological polar surface area (TPSA) is 73.3 Å². The summed E-state index contributed by atoms with van der Waals surface area (Å²) >= 11 is 12.3. The molecule has 5 nitrogen and oxygen atoms in total. The van der Waals surface area contributed by atoms with Gasteiger partial charge in [-0.2, -0.15) is 0 Å². The van der Waals surface area contributed by atoms with Crippen molar-refractivity contribution in [1.82, 2.24) is 10.3 Å². The molecule has 3 N–H and O–H groups in total. The Bertz CT molecular complexity index is 1070. The van der Waals surface area contributed by atoms with Gasteiger partial charge in [-0.1, -0.05) is 35.4 Å². The SMILES string of the molecule is C[C@@H](Oc1c(N)ncc2c(C3C=CCNC3)coc12)c1c(Cl)ccc(F)c1Cl. The molecule has 0 fully saturated rings. The number of ether oxygens (including phenoxy) is 1. The third-order valence-corrected chi connectivity index (χ3v) is 5.52. The molecular weight excluding hydrogens is 404 g/mol. The van der Waals surface area contributed by atoms with E-state index >= 15 is 0 Å². The first-order valence-electron chi connectivity index (χ1n) is 8.80. The van der Waals surface area contributed by atoms with Gasteiger partial charge in [0.15, 0.2) is 11.4 Å². The van der Waals surface area contributed by atoms with Crippen LogP contribution in [0.4, 0.5) is 10.2 Å². The van der Waals surface area contributed by atoms with Gasteiger partial charge in [0.1, 0.15) is 11.9 Å². The molecule has 1 aliphatic rings. The lowest BCUT2D eigenvalue weighted by Gasteiger charge is -2.19. The molecule has 2 atom stereocenters. The van der Waals surface area contributed by atoms with Gasteiger partial charge in [0, 0.05) is 46.7 Å². The number of nitrogens with one attached hydrogen (secondary N) is 1. The quantitative estimate of drug-likeness (QED) is 0.445. The zero-order valence-electron chi connectivity index (χ0n) is 15.0. The number of hydrogen-bond acceptors (Lipinski definition) is 5. The summed E-state index contributed by atoms with van der Waals surface area (Å²) in [5, 5.41) is 4.34. The molecule has 8 heteroatoms. The molecule has 3 heterocycles. The Morgan fingerprint density at radius 1 is 1.39 bits per heavy atom. The summed E-state index contributed by atoms with van der Waals surface area (Å²) in [6.45, 7) is 3.36. The van der Waals surface area contributed by atoms with E-state index in [2.05, 4.69) is 22.5 Å². The van der Waals surface area contributed by atoms with Gasteiger partial charge < -0.3 is 20.2 Å². The van der Waals surface area contributed by atoms with Gasteiger partial charge in [0.25, 0.3) is 0 Å². The Balaban J connectivity index is 1.74. The Kier molecular flexibility index (Phi) is 5.19. The third-order valence-electron chi connectivity index (χ3n) is 4.81. The van der Waals surface area contributed by atoms with Crippen LogP contribution in [-0.2, 0) is 0 Å². The van der Waals surface area contributed by atoms with E-state index in [1.807, 2.05) is 0 Å². The number of halogens is 3. The van der Waals surface area contributed by atoms with Gasteiger partial charge in [-0.3, -0.25) is 0 Å². The fourth-order valence-electron chi connectivity index (χ4n) is 3.39. The molecule has 1 unspecified atom stereocenters. The van der Waals surface area contributed by atoms with Gasteiger partial charge in [-0.15, -0.1) is 0 Å². The molecule has 0 radical (unpaired) electrons. The molecule has 0 aliphatic carbocycles. The second-order valence-electron chi connectivity index (χ2n) is 6.62. The highest BCUT2D eigenvalue weighted by Crippen LogP contribution is 2.41. The minimum atomic E-state index is -0.671. The maximum Gasteiger partial charge on any atom is 0.205 e. The van der Waals surface area contributed by atoms with E-state index in [1.165, 1.54) is 12.1 Å². The van der Waals surface area contributed by atoms with Crippen LogP contribution in [0.1, 0.15) is 30.1 Å².